The molecule has 1 fully saturated rings. The fourth-order valence-electron chi connectivity index (χ4n) is 2.74. The molecule has 162 valence electrons. The smallest absolute Gasteiger partial charge is 0.378 e. The Balaban J connectivity index is 1.57. The molecule has 0 saturated carbocycles. The Kier molecular flexibility index (Phi) is 6.58. The van der Waals surface area contributed by atoms with Gasteiger partial charge in [-0.05, 0) is 30.3 Å². The van der Waals surface area contributed by atoms with Crippen LogP contribution in [0.15, 0.2) is 47.5 Å². The summed E-state index contributed by atoms with van der Waals surface area (Å²) in [5.74, 6) is -0.493. The number of anilines is 2. The standard InChI is InChI=1S/C18H19F3N4O4S/c19-18(20,21)13-2-1-3-15(10-13)30(27,28)23-12-17(26)24-16-5-4-14(11-22-16)25-6-8-29-9-7-25/h1-5,10-11,23H,6-9,12H2,(H,22,24,26). The molecule has 0 unspecified atom stereocenters. The second-order valence-corrected chi connectivity index (χ2v) is 8.17. The van der Waals surface area contributed by atoms with Gasteiger partial charge in [-0.3, -0.25) is 4.79 Å². The van der Waals surface area contributed by atoms with E-state index in [9.17, 15) is 26.4 Å². The summed E-state index contributed by atoms with van der Waals surface area (Å²) in [6.45, 7) is 2.02. The first-order chi connectivity index (χ1) is 14.1. The van der Waals surface area contributed by atoms with Crippen LogP contribution in [0.5, 0.6) is 0 Å². The zero-order valence-electron chi connectivity index (χ0n) is 15.6. The summed E-state index contributed by atoms with van der Waals surface area (Å²) in [5.41, 5.74) is -0.235. The van der Waals surface area contributed by atoms with Gasteiger partial charge >= 0.3 is 6.18 Å². The topological polar surface area (TPSA) is 101 Å². The second-order valence-electron chi connectivity index (χ2n) is 6.40. The van der Waals surface area contributed by atoms with Crippen molar-refractivity contribution in [1.82, 2.24) is 9.71 Å². The van der Waals surface area contributed by atoms with Crippen LogP contribution in [0.4, 0.5) is 24.7 Å². The van der Waals surface area contributed by atoms with Gasteiger partial charge in [-0.15, -0.1) is 0 Å². The highest BCUT2D eigenvalue weighted by Crippen LogP contribution is 2.30. The molecule has 8 nitrogen and oxygen atoms in total. The molecule has 0 atom stereocenters. The van der Waals surface area contributed by atoms with Crippen LogP contribution < -0.4 is 14.9 Å². The molecule has 0 radical (unpaired) electrons. The zero-order chi connectivity index (χ0) is 21.8. The van der Waals surface area contributed by atoms with Gasteiger partial charge in [-0.1, -0.05) is 6.07 Å². The third-order valence-electron chi connectivity index (χ3n) is 4.29. The van der Waals surface area contributed by atoms with Crippen molar-refractivity contribution in [2.75, 3.05) is 43.1 Å². The number of carbonyl (C=O) groups excluding carboxylic acids is 1. The van der Waals surface area contributed by atoms with E-state index in [0.717, 1.165) is 37.0 Å². The first kappa shape index (κ1) is 22.0. The number of hydrogen-bond donors (Lipinski definition) is 2. The molecule has 2 N–H and O–H groups in total. The molecular weight excluding hydrogens is 425 g/mol. The van der Waals surface area contributed by atoms with E-state index in [1.165, 1.54) is 0 Å². The molecule has 1 aromatic carbocycles. The molecule has 30 heavy (non-hydrogen) atoms. The normalized spacial score (nSPS) is 15.1. The van der Waals surface area contributed by atoms with Gasteiger partial charge in [0.2, 0.25) is 15.9 Å². The van der Waals surface area contributed by atoms with Crippen LogP contribution in [-0.4, -0.2) is 52.2 Å². The predicted molar refractivity (Wildman–Crippen MR) is 103 cm³/mol. The van der Waals surface area contributed by atoms with Crippen molar-refractivity contribution >= 4 is 27.4 Å². The maximum absolute atomic E-state index is 12.8. The number of halogens is 3. The minimum Gasteiger partial charge on any atom is -0.378 e. The van der Waals surface area contributed by atoms with Gasteiger partial charge in [0.15, 0.2) is 0 Å². The van der Waals surface area contributed by atoms with E-state index < -0.39 is 39.1 Å². The molecule has 0 bridgehead atoms. The summed E-state index contributed by atoms with van der Waals surface area (Å²) in [5, 5.41) is 2.43. The molecule has 0 aliphatic carbocycles. The van der Waals surface area contributed by atoms with Gasteiger partial charge in [0.05, 0.1) is 42.1 Å². The minimum atomic E-state index is -4.68. The number of nitrogens with one attached hydrogen (secondary N) is 2. The molecule has 2 aromatic rings. The van der Waals surface area contributed by atoms with E-state index in [4.69, 9.17) is 4.74 Å². The van der Waals surface area contributed by atoms with Crippen molar-refractivity contribution in [2.24, 2.45) is 0 Å². The van der Waals surface area contributed by atoms with E-state index >= 15 is 0 Å². The molecule has 1 aromatic heterocycles. The van der Waals surface area contributed by atoms with Crippen LogP contribution in [0.2, 0.25) is 0 Å². The Bertz CT molecular complexity index is 991. The van der Waals surface area contributed by atoms with Crippen LogP contribution in [0.25, 0.3) is 0 Å². The number of ether oxygens (including phenoxy) is 1. The van der Waals surface area contributed by atoms with Gasteiger partial charge in [-0.2, -0.15) is 13.2 Å². The molecule has 12 heteroatoms. The number of sulfonamides is 1. The number of hydrogen-bond acceptors (Lipinski definition) is 6. The number of benzene rings is 1. The van der Waals surface area contributed by atoms with Gasteiger partial charge in [0.25, 0.3) is 0 Å². The van der Waals surface area contributed by atoms with Crippen LogP contribution >= 0.6 is 0 Å². The monoisotopic (exact) mass is 444 g/mol. The van der Waals surface area contributed by atoms with Crippen molar-refractivity contribution in [3.63, 3.8) is 0 Å². The largest absolute Gasteiger partial charge is 0.416 e. The summed E-state index contributed by atoms with van der Waals surface area (Å²) in [4.78, 5) is 17.6. The predicted octanol–water partition coefficient (Wildman–Crippen LogP) is 1.85. The Hall–Kier alpha value is -2.70. The molecule has 3 rings (SSSR count). The number of pyridine rings is 1. The average molecular weight is 444 g/mol. The van der Waals surface area contributed by atoms with Crippen molar-refractivity contribution < 1.29 is 31.1 Å². The third-order valence-corrected chi connectivity index (χ3v) is 5.68. The lowest BCUT2D eigenvalue weighted by Gasteiger charge is -2.28. The molecule has 1 saturated heterocycles. The maximum Gasteiger partial charge on any atom is 0.416 e. The van der Waals surface area contributed by atoms with E-state index in [0.29, 0.717) is 19.3 Å². The Morgan fingerprint density at radius 2 is 1.90 bits per heavy atom. The van der Waals surface area contributed by atoms with Crippen molar-refractivity contribution in [2.45, 2.75) is 11.1 Å². The zero-order valence-corrected chi connectivity index (χ0v) is 16.5. The van der Waals surface area contributed by atoms with E-state index in [-0.39, 0.29) is 5.82 Å². The van der Waals surface area contributed by atoms with Crippen LogP contribution in [0, 0.1) is 0 Å². The highest BCUT2D eigenvalue weighted by Gasteiger charge is 2.31. The Labute approximate surface area is 171 Å². The van der Waals surface area contributed by atoms with Crippen LogP contribution in [0.3, 0.4) is 0 Å². The number of amides is 1. The molecular formula is C18H19F3N4O4S. The number of carbonyl (C=O) groups is 1. The highest BCUT2D eigenvalue weighted by molar-refractivity contribution is 7.89. The van der Waals surface area contributed by atoms with Gasteiger partial charge in [0.1, 0.15) is 5.82 Å². The first-order valence-corrected chi connectivity index (χ1v) is 10.4. The molecule has 1 aliphatic heterocycles. The average Bonchev–Trinajstić information content (AvgIpc) is 2.73. The summed E-state index contributed by atoms with van der Waals surface area (Å²) in [6, 6.07) is 6.60. The first-order valence-electron chi connectivity index (χ1n) is 8.91. The summed E-state index contributed by atoms with van der Waals surface area (Å²) in [7, 11) is -4.30. The maximum atomic E-state index is 12.8. The Morgan fingerprint density at radius 3 is 2.53 bits per heavy atom. The van der Waals surface area contributed by atoms with Crippen LogP contribution in [0.1, 0.15) is 5.56 Å². The SMILES string of the molecule is O=C(CNS(=O)(=O)c1cccc(C(F)(F)F)c1)Nc1ccc(N2CCOCC2)cn1. The molecule has 0 spiro atoms. The summed E-state index contributed by atoms with van der Waals surface area (Å²) in [6.07, 6.45) is -3.10. The van der Waals surface area contributed by atoms with E-state index in [2.05, 4.69) is 15.2 Å². The molecule has 2 heterocycles. The minimum absolute atomic E-state index is 0.218. The lowest BCUT2D eigenvalue weighted by atomic mass is 10.2. The lowest BCUT2D eigenvalue weighted by Crippen LogP contribution is -2.36. The fraction of sp³-hybridized carbons (Fsp3) is 0.333. The second kappa shape index (κ2) is 8.98. The van der Waals surface area contributed by atoms with E-state index in [1.807, 2.05) is 4.72 Å². The van der Waals surface area contributed by atoms with Gasteiger partial charge in [0, 0.05) is 13.1 Å². The number of alkyl halides is 3. The van der Waals surface area contributed by atoms with E-state index in [1.54, 1.807) is 18.3 Å². The third kappa shape index (κ3) is 5.68. The van der Waals surface area contributed by atoms with Crippen molar-refractivity contribution in [3.8, 4) is 0 Å². The quantitative estimate of drug-likeness (QED) is 0.706. The number of morpholine rings is 1. The van der Waals surface area contributed by atoms with Gasteiger partial charge in [-0.25, -0.2) is 18.1 Å². The lowest BCUT2D eigenvalue weighted by molar-refractivity contribution is -0.137. The van der Waals surface area contributed by atoms with Gasteiger partial charge < -0.3 is 15.0 Å². The number of rotatable bonds is 6. The fourth-order valence-corrected chi connectivity index (χ4v) is 3.77. The van der Waals surface area contributed by atoms with Crippen LogP contribution in [-0.2, 0) is 25.7 Å². The summed E-state index contributed by atoms with van der Waals surface area (Å²) >= 11 is 0. The molecule has 1 amide bonds. The molecule has 1 aliphatic rings. The summed E-state index contributed by atoms with van der Waals surface area (Å²) < 4.78 is 69.9. The number of aromatic nitrogens is 1. The Morgan fingerprint density at radius 1 is 1.17 bits per heavy atom. The van der Waals surface area contributed by atoms with Crippen molar-refractivity contribution in [3.05, 3.63) is 48.2 Å². The number of nitrogens with zero attached hydrogens (tertiary/aromatic N) is 2. The highest BCUT2D eigenvalue weighted by atomic mass is 32.2. The van der Waals surface area contributed by atoms with Crippen molar-refractivity contribution in [1.29, 1.82) is 0 Å².